The fourth-order valence-corrected chi connectivity index (χ4v) is 2.54. The Morgan fingerprint density at radius 1 is 0.955 bits per heavy atom. The van der Waals surface area contributed by atoms with Crippen molar-refractivity contribution < 1.29 is 9.47 Å². The van der Waals surface area contributed by atoms with E-state index in [4.69, 9.17) is 32.7 Å². The monoisotopic (exact) mass is 339 g/mol. The van der Waals surface area contributed by atoms with Crippen molar-refractivity contribution in [2.24, 2.45) is 0 Å². The highest BCUT2D eigenvalue weighted by atomic mass is 35.5. The molecule has 22 heavy (non-hydrogen) atoms. The number of hydrogen-bond donors (Lipinski definition) is 1. The van der Waals surface area contributed by atoms with Crippen LogP contribution in [-0.2, 0) is 13.1 Å². The molecule has 0 spiro atoms. The molecular formula is C17H19Cl2NO2. The van der Waals surface area contributed by atoms with E-state index in [1.54, 1.807) is 13.2 Å². The second kappa shape index (κ2) is 8.28. The number of halogens is 2. The van der Waals surface area contributed by atoms with E-state index in [1.807, 2.05) is 37.3 Å². The highest BCUT2D eigenvalue weighted by Crippen LogP contribution is 2.33. The first-order valence-electron chi connectivity index (χ1n) is 7.09. The molecule has 118 valence electrons. The van der Waals surface area contributed by atoms with Crippen LogP contribution in [0.15, 0.2) is 36.4 Å². The summed E-state index contributed by atoms with van der Waals surface area (Å²) in [6.07, 6.45) is 0. The van der Waals surface area contributed by atoms with Gasteiger partial charge in [0.15, 0.2) is 11.5 Å². The van der Waals surface area contributed by atoms with Gasteiger partial charge in [0.25, 0.3) is 0 Å². The zero-order valence-electron chi connectivity index (χ0n) is 12.7. The van der Waals surface area contributed by atoms with Crippen LogP contribution < -0.4 is 14.8 Å². The molecule has 1 N–H and O–H groups in total. The third kappa shape index (κ3) is 4.29. The van der Waals surface area contributed by atoms with E-state index in [9.17, 15) is 0 Å². The van der Waals surface area contributed by atoms with Crippen molar-refractivity contribution in [3.05, 3.63) is 57.6 Å². The Morgan fingerprint density at radius 3 is 2.36 bits per heavy atom. The second-order valence-electron chi connectivity index (χ2n) is 4.72. The van der Waals surface area contributed by atoms with Crippen molar-refractivity contribution in [3.8, 4) is 11.5 Å². The van der Waals surface area contributed by atoms with Gasteiger partial charge in [-0.05, 0) is 30.2 Å². The Kier molecular flexibility index (Phi) is 6.37. The van der Waals surface area contributed by atoms with Gasteiger partial charge in [0.1, 0.15) is 0 Å². The lowest BCUT2D eigenvalue weighted by molar-refractivity contribution is 0.310. The zero-order valence-corrected chi connectivity index (χ0v) is 14.2. The van der Waals surface area contributed by atoms with Crippen LogP contribution in [-0.4, -0.2) is 13.7 Å². The fraction of sp³-hybridized carbons (Fsp3) is 0.294. The van der Waals surface area contributed by atoms with E-state index in [-0.39, 0.29) is 0 Å². The van der Waals surface area contributed by atoms with Crippen LogP contribution in [0.1, 0.15) is 18.1 Å². The quantitative estimate of drug-likeness (QED) is 0.793. The van der Waals surface area contributed by atoms with Crippen LogP contribution in [0.4, 0.5) is 0 Å². The molecular weight excluding hydrogens is 321 g/mol. The maximum absolute atomic E-state index is 6.29. The minimum absolute atomic E-state index is 0.574. The molecule has 2 aromatic carbocycles. The molecule has 0 saturated heterocycles. The van der Waals surface area contributed by atoms with Gasteiger partial charge in [0.2, 0.25) is 0 Å². The summed E-state index contributed by atoms with van der Waals surface area (Å²) in [5.74, 6) is 1.34. The van der Waals surface area contributed by atoms with Crippen molar-refractivity contribution in [1.29, 1.82) is 0 Å². The topological polar surface area (TPSA) is 30.5 Å². The molecule has 2 aromatic rings. The summed E-state index contributed by atoms with van der Waals surface area (Å²) in [5.41, 5.74) is 2.01. The Hall–Kier alpha value is -1.42. The highest BCUT2D eigenvalue weighted by Gasteiger charge is 2.10. The van der Waals surface area contributed by atoms with E-state index in [0.717, 1.165) is 16.1 Å². The van der Waals surface area contributed by atoms with Gasteiger partial charge in [-0.1, -0.05) is 41.4 Å². The van der Waals surface area contributed by atoms with Gasteiger partial charge in [0.05, 0.1) is 13.7 Å². The summed E-state index contributed by atoms with van der Waals surface area (Å²) in [7, 11) is 1.60. The van der Waals surface area contributed by atoms with Gasteiger partial charge in [0, 0.05) is 29.2 Å². The third-order valence-corrected chi connectivity index (χ3v) is 3.94. The SMILES string of the molecule is CCOc1cc(CNCc2ccccc2Cl)c(Cl)cc1OC. The van der Waals surface area contributed by atoms with E-state index in [2.05, 4.69) is 5.32 Å². The molecule has 0 unspecified atom stereocenters. The molecule has 0 saturated carbocycles. The minimum Gasteiger partial charge on any atom is -0.493 e. The van der Waals surface area contributed by atoms with Crippen molar-refractivity contribution in [2.75, 3.05) is 13.7 Å². The van der Waals surface area contributed by atoms with Crippen molar-refractivity contribution in [2.45, 2.75) is 20.0 Å². The normalized spacial score (nSPS) is 10.5. The lowest BCUT2D eigenvalue weighted by atomic mass is 10.1. The van der Waals surface area contributed by atoms with Crippen LogP contribution in [0.2, 0.25) is 10.0 Å². The minimum atomic E-state index is 0.574. The maximum Gasteiger partial charge on any atom is 0.162 e. The van der Waals surface area contributed by atoms with Crippen LogP contribution in [0.3, 0.4) is 0 Å². The lowest BCUT2D eigenvalue weighted by Crippen LogP contribution is -2.13. The maximum atomic E-state index is 6.29. The van der Waals surface area contributed by atoms with Gasteiger partial charge < -0.3 is 14.8 Å². The summed E-state index contributed by atoms with van der Waals surface area (Å²) in [5, 5.41) is 4.74. The summed E-state index contributed by atoms with van der Waals surface area (Å²) in [6.45, 7) is 3.80. The van der Waals surface area contributed by atoms with E-state index in [1.165, 1.54) is 0 Å². The van der Waals surface area contributed by atoms with Crippen LogP contribution in [0, 0.1) is 0 Å². The van der Waals surface area contributed by atoms with E-state index in [0.29, 0.717) is 36.2 Å². The van der Waals surface area contributed by atoms with Crippen molar-refractivity contribution in [1.82, 2.24) is 5.32 Å². The number of rotatable bonds is 7. The molecule has 0 aromatic heterocycles. The Balaban J connectivity index is 2.06. The molecule has 0 amide bonds. The first-order chi connectivity index (χ1) is 10.7. The predicted octanol–water partition coefficient (Wildman–Crippen LogP) is 4.69. The first kappa shape index (κ1) is 16.9. The zero-order chi connectivity index (χ0) is 15.9. The predicted molar refractivity (Wildman–Crippen MR) is 91.2 cm³/mol. The number of benzene rings is 2. The second-order valence-corrected chi connectivity index (χ2v) is 5.54. The summed E-state index contributed by atoms with van der Waals surface area (Å²) in [4.78, 5) is 0. The molecule has 2 rings (SSSR count). The molecule has 5 heteroatoms. The summed E-state index contributed by atoms with van der Waals surface area (Å²) < 4.78 is 10.9. The summed E-state index contributed by atoms with van der Waals surface area (Å²) in [6, 6.07) is 11.4. The van der Waals surface area contributed by atoms with Crippen molar-refractivity contribution >= 4 is 23.2 Å². The summed E-state index contributed by atoms with van der Waals surface area (Å²) >= 11 is 12.4. The van der Waals surface area contributed by atoms with Crippen LogP contribution in [0.5, 0.6) is 11.5 Å². The van der Waals surface area contributed by atoms with Crippen LogP contribution in [0.25, 0.3) is 0 Å². The largest absolute Gasteiger partial charge is 0.493 e. The van der Waals surface area contributed by atoms with Gasteiger partial charge >= 0.3 is 0 Å². The van der Waals surface area contributed by atoms with E-state index >= 15 is 0 Å². The fourth-order valence-electron chi connectivity index (χ4n) is 2.11. The molecule has 0 aliphatic heterocycles. The third-order valence-electron chi connectivity index (χ3n) is 3.22. The van der Waals surface area contributed by atoms with Crippen LogP contribution >= 0.6 is 23.2 Å². The molecule has 0 aliphatic carbocycles. The van der Waals surface area contributed by atoms with Crippen molar-refractivity contribution in [3.63, 3.8) is 0 Å². The lowest BCUT2D eigenvalue weighted by Gasteiger charge is -2.13. The van der Waals surface area contributed by atoms with Gasteiger partial charge in [-0.2, -0.15) is 0 Å². The smallest absolute Gasteiger partial charge is 0.162 e. The van der Waals surface area contributed by atoms with E-state index < -0.39 is 0 Å². The van der Waals surface area contributed by atoms with Gasteiger partial charge in [-0.15, -0.1) is 0 Å². The average Bonchev–Trinajstić information content (AvgIpc) is 2.52. The van der Waals surface area contributed by atoms with Gasteiger partial charge in [-0.3, -0.25) is 0 Å². The molecule has 0 bridgehead atoms. The molecule has 0 atom stereocenters. The first-order valence-corrected chi connectivity index (χ1v) is 7.84. The molecule has 0 heterocycles. The Bertz CT molecular complexity index is 632. The number of methoxy groups -OCH3 is 1. The molecule has 0 fully saturated rings. The highest BCUT2D eigenvalue weighted by molar-refractivity contribution is 6.31. The number of nitrogens with one attached hydrogen (secondary N) is 1. The molecule has 0 radical (unpaired) electrons. The average molecular weight is 340 g/mol. The molecule has 3 nitrogen and oxygen atoms in total. The Morgan fingerprint density at radius 2 is 1.68 bits per heavy atom. The van der Waals surface area contributed by atoms with Gasteiger partial charge in [-0.25, -0.2) is 0 Å². The Labute approximate surface area is 141 Å². The molecule has 0 aliphatic rings. The standard InChI is InChI=1S/C17H19Cl2NO2/c1-3-22-17-8-13(15(19)9-16(17)21-2)11-20-10-12-6-4-5-7-14(12)18/h4-9,20H,3,10-11H2,1-2H3. The number of ether oxygens (including phenoxy) is 2. The number of hydrogen-bond acceptors (Lipinski definition) is 3.